The van der Waals surface area contributed by atoms with E-state index in [-0.39, 0.29) is 12.0 Å². The van der Waals surface area contributed by atoms with Crippen LogP contribution >= 0.6 is 7.41 Å². The topological polar surface area (TPSA) is 38.8 Å². The second-order valence-corrected chi connectivity index (χ2v) is 10.6. The molecule has 3 aromatic rings. The quantitative estimate of drug-likeness (QED) is 0.613. The SMILES string of the molecule is CC(C)COC(=O)N1c2cccc3c2[P+]1(c1ccccc1)c1ccccc1O3. The number of benzene rings is 3. The zero-order valence-electron chi connectivity index (χ0n) is 15.8. The van der Waals surface area contributed by atoms with Gasteiger partial charge in [-0.1, -0.05) is 50.2 Å². The second-order valence-electron chi connectivity index (χ2n) is 7.45. The maximum Gasteiger partial charge on any atom is 0.447 e. The third-order valence-corrected chi connectivity index (χ3v) is 9.29. The fourth-order valence-electron chi connectivity index (χ4n) is 4.01. The van der Waals surface area contributed by atoms with E-state index in [2.05, 4.69) is 18.2 Å². The number of carbonyl (C=O) groups is 1. The predicted octanol–water partition coefficient (Wildman–Crippen LogP) is 4.61. The van der Waals surface area contributed by atoms with Crippen LogP contribution in [0, 0.1) is 5.92 Å². The Hall–Kier alpha value is -2.84. The van der Waals surface area contributed by atoms with Gasteiger partial charge in [-0.3, -0.25) is 0 Å². The van der Waals surface area contributed by atoms with Gasteiger partial charge in [0.05, 0.1) is 6.61 Å². The Bertz CT molecular complexity index is 1070. The van der Waals surface area contributed by atoms with Crippen molar-refractivity contribution in [3.63, 3.8) is 0 Å². The Morgan fingerprint density at radius 2 is 1.68 bits per heavy atom. The summed E-state index contributed by atoms with van der Waals surface area (Å²) < 4.78 is 13.8. The highest BCUT2D eigenvalue weighted by Crippen LogP contribution is 2.73. The summed E-state index contributed by atoms with van der Waals surface area (Å²) in [6, 6.07) is 24.2. The van der Waals surface area contributed by atoms with E-state index in [1.165, 1.54) is 0 Å². The fourth-order valence-corrected chi connectivity index (χ4v) is 8.37. The molecule has 0 N–H and O–H groups in total. The molecular formula is C23H21NO3P+. The molecule has 1 unspecified atom stereocenters. The minimum Gasteiger partial charge on any atom is -0.449 e. The first-order valence-electron chi connectivity index (χ1n) is 9.47. The van der Waals surface area contributed by atoms with Gasteiger partial charge in [0, 0.05) is 0 Å². The summed E-state index contributed by atoms with van der Waals surface area (Å²) >= 11 is 0. The Kier molecular flexibility index (Phi) is 3.92. The van der Waals surface area contributed by atoms with Gasteiger partial charge in [0.1, 0.15) is 11.0 Å². The van der Waals surface area contributed by atoms with Gasteiger partial charge in [-0.15, -0.1) is 4.67 Å². The van der Waals surface area contributed by atoms with Crippen LogP contribution in [0.15, 0.2) is 72.8 Å². The van der Waals surface area contributed by atoms with Crippen LogP contribution in [0.2, 0.25) is 0 Å². The molecule has 0 aliphatic carbocycles. The van der Waals surface area contributed by atoms with Gasteiger partial charge >= 0.3 is 6.09 Å². The van der Waals surface area contributed by atoms with Crippen molar-refractivity contribution in [2.45, 2.75) is 13.8 Å². The Morgan fingerprint density at radius 3 is 2.46 bits per heavy atom. The number of nitrogens with zero attached hydrogens (tertiary/aromatic N) is 1. The second kappa shape index (κ2) is 6.35. The van der Waals surface area contributed by atoms with Crippen LogP contribution < -0.4 is 25.3 Å². The number of hydrogen-bond acceptors (Lipinski definition) is 3. The lowest BCUT2D eigenvalue weighted by Gasteiger charge is -2.46. The van der Waals surface area contributed by atoms with Crippen molar-refractivity contribution < 1.29 is 14.3 Å². The van der Waals surface area contributed by atoms with Crippen LogP contribution in [0.1, 0.15) is 13.8 Å². The number of hydrogen-bond donors (Lipinski definition) is 0. The molecule has 0 aromatic heterocycles. The van der Waals surface area contributed by atoms with Gasteiger partial charge in [0.15, 0.2) is 22.1 Å². The van der Waals surface area contributed by atoms with Crippen LogP contribution in [-0.4, -0.2) is 12.7 Å². The maximum absolute atomic E-state index is 13.3. The lowest BCUT2D eigenvalue weighted by molar-refractivity contribution is 0.144. The Morgan fingerprint density at radius 1 is 0.964 bits per heavy atom. The van der Waals surface area contributed by atoms with Gasteiger partial charge in [-0.05, 0) is 42.3 Å². The predicted molar refractivity (Wildman–Crippen MR) is 114 cm³/mol. The van der Waals surface area contributed by atoms with Crippen molar-refractivity contribution in [2.24, 2.45) is 5.92 Å². The average molecular weight is 390 g/mol. The zero-order chi connectivity index (χ0) is 19.3. The van der Waals surface area contributed by atoms with Crippen molar-refractivity contribution in [3.05, 3.63) is 72.8 Å². The standard InChI is InChI=1S/C23H21NO3P/c1-16(2)15-26-23(25)24-18-11-8-13-20-22(18)28(24,17-9-4-3-5-10-17)21-14-7-6-12-19(21)27-20/h3-14,16H,15H2,1-2H3/q+1. The van der Waals surface area contributed by atoms with Crippen molar-refractivity contribution in [3.8, 4) is 11.5 Å². The molecule has 1 atom stereocenters. The van der Waals surface area contributed by atoms with E-state index < -0.39 is 7.41 Å². The van der Waals surface area contributed by atoms with E-state index in [9.17, 15) is 4.79 Å². The summed E-state index contributed by atoms with van der Waals surface area (Å²) in [6.45, 7) is 4.49. The van der Waals surface area contributed by atoms with E-state index in [4.69, 9.17) is 9.47 Å². The van der Waals surface area contributed by atoms with Crippen LogP contribution in [-0.2, 0) is 4.74 Å². The molecule has 1 amide bonds. The van der Waals surface area contributed by atoms with Crippen molar-refractivity contribution >= 4 is 35.1 Å². The largest absolute Gasteiger partial charge is 0.449 e. The van der Waals surface area contributed by atoms with E-state index in [1.54, 1.807) is 0 Å². The minimum atomic E-state index is -2.33. The normalized spacial score (nSPS) is 18.6. The van der Waals surface area contributed by atoms with Gasteiger partial charge < -0.3 is 9.47 Å². The highest BCUT2D eigenvalue weighted by atomic mass is 31.2. The number of carbonyl (C=O) groups excluding carboxylic acids is 1. The van der Waals surface area contributed by atoms with Crippen LogP contribution in [0.3, 0.4) is 0 Å². The fraction of sp³-hybridized carbons (Fsp3) is 0.174. The first kappa shape index (κ1) is 17.3. The van der Waals surface area contributed by atoms with Crippen LogP contribution in [0.5, 0.6) is 11.5 Å². The number of fused-ring (bicyclic) bond motifs is 2. The summed E-state index contributed by atoms with van der Waals surface area (Å²) in [5, 5.41) is 3.32. The first-order valence-corrected chi connectivity index (χ1v) is 11.2. The van der Waals surface area contributed by atoms with Gasteiger partial charge in [-0.25, -0.2) is 4.79 Å². The lowest BCUT2D eigenvalue weighted by atomic mass is 10.2. The molecule has 0 radical (unpaired) electrons. The molecule has 0 saturated carbocycles. The van der Waals surface area contributed by atoms with Crippen LogP contribution in [0.4, 0.5) is 10.5 Å². The number of ether oxygens (including phenoxy) is 2. The van der Waals surface area contributed by atoms with Crippen LogP contribution in [0.25, 0.3) is 0 Å². The Balaban J connectivity index is 1.77. The number of para-hydroxylation sites is 1. The van der Waals surface area contributed by atoms with E-state index in [0.717, 1.165) is 33.1 Å². The maximum atomic E-state index is 13.3. The summed E-state index contributed by atoms with van der Waals surface area (Å²) in [6.07, 6.45) is -0.285. The first-order chi connectivity index (χ1) is 13.6. The molecule has 0 fully saturated rings. The third kappa shape index (κ3) is 2.25. The molecule has 5 heteroatoms. The smallest absolute Gasteiger partial charge is 0.447 e. The lowest BCUT2D eigenvalue weighted by Crippen LogP contribution is -2.57. The van der Waals surface area contributed by atoms with Gasteiger partial charge in [0.25, 0.3) is 0 Å². The zero-order valence-corrected chi connectivity index (χ0v) is 16.7. The summed E-state index contributed by atoms with van der Waals surface area (Å²) in [7, 11) is -2.33. The summed E-state index contributed by atoms with van der Waals surface area (Å²) in [5.74, 6) is 1.93. The van der Waals surface area contributed by atoms with Gasteiger partial charge in [-0.2, -0.15) is 0 Å². The van der Waals surface area contributed by atoms with E-state index in [1.807, 2.05) is 73.1 Å². The molecule has 2 heterocycles. The molecule has 5 rings (SSSR count). The van der Waals surface area contributed by atoms with Crippen molar-refractivity contribution in [1.29, 1.82) is 0 Å². The molecule has 140 valence electrons. The monoisotopic (exact) mass is 390 g/mol. The van der Waals surface area contributed by atoms with Gasteiger partial charge in [0.2, 0.25) is 7.41 Å². The molecule has 2 aliphatic rings. The molecule has 2 aliphatic heterocycles. The highest BCUT2D eigenvalue weighted by molar-refractivity contribution is 8.00. The third-order valence-electron chi connectivity index (χ3n) is 5.11. The molecule has 4 nitrogen and oxygen atoms in total. The number of rotatable bonds is 3. The summed E-state index contributed by atoms with van der Waals surface area (Å²) in [5.41, 5.74) is 0.887. The molecule has 28 heavy (non-hydrogen) atoms. The highest BCUT2D eigenvalue weighted by Gasteiger charge is 2.70. The number of anilines is 1. The van der Waals surface area contributed by atoms with E-state index >= 15 is 0 Å². The Labute approximate surface area is 165 Å². The molecule has 3 aromatic carbocycles. The van der Waals surface area contributed by atoms with E-state index in [0.29, 0.717) is 6.61 Å². The molecule has 0 bridgehead atoms. The number of amides is 1. The average Bonchev–Trinajstić information content (AvgIpc) is 2.70. The molecule has 0 saturated heterocycles. The molecular weight excluding hydrogens is 369 g/mol. The summed E-state index contributed by atoms with van der Waals surface area (Å²) in [4.78, 5) is 13.3. The molecule has 0 spiro atoms. The van der Waals surface area contributed by atoms with Crippen molar-refractivity contribution in [1.82, 2.24) is 0 Å². The van der Waals surface area contributed by atoms with Crippen molar-refractivity contribution in [2.75, 3.05) is 11.3 Å². The minimum absolute atomic E-state index is 0.281.